The lowest BCUT2D eigenvalue weighted by atomic mass is 10.1. The standard InChI is InChI=1S/C13H16F2N2O/c1-9-7-17(4-3-16(9)2)13-11(14)5-10(8-18)6-12(13)15/h5-6,8-9H,3-4,7H2,1-2H3. The molecule has 18 heavy (non-hydrogen) atoms. The minimum Gasteiger partial charge on any atom is -0.364 e. The summed E-state index contributed by atoms with van der Waals surface area (Å²) in [5.74, 6) is -1.34. The third-order valence-corrected chi connectivity index (χ3v) is 3.45. The molecule has 1 atom stereocenters. The molecule has 1 aliphatic rings. The second-order valence-corrected chi connectivity index (χ2v) is 4.73. The van der Waals surface area contributed by atoms with E-state index in [9.17, 15) is 13.6 Å². The molecule has 0 N–H and O–H groups in total. The van der Waals surface area contributed by atoms with Crippen LogP contribution >= 0.6 is 0 Å². The Hall–Kier alpha value is -1.49. The van der Waals surface area contributed by atoms with Crippen molar-refractivity contribution in [1.29, 1.82) is 0 Å². The molecule has 1 heterocycles. The number of carbonyl (C=O) groups is 1. The zero-order valence-electron chi connectivity index (χ0n) is 10.5. The number of piperazine rings is 1. The first kappa shape index (κ1) is 13.0. The first-order chi connectivity index (χ1) is 8.52. The summed E-state index contributed by atoms with van der Waals surface area (Å²) in [6, 6.07) is 2.39. The third-order valence-electron chi connectivity index (χ3n) is 3.45. The highest BCUT2D eigenvalue weighted by Crippen LogP contribution is 2.26. The SMILES string of the molecule is CC1CN(c2c(F)cc(C=O)cc2F)CCN1C. The van der Waals surface area contributed by atoms with E-state index in [1.54, 1.807) is 4.90 Å². The summed E-state index contributed by atoms with van der Waals surface area (Å²) >= 11 is 0. The van der Waals surface area contributed by atoms with E-state index in [-0.39, 0.29) is 17.3 Å². The summed E-state index contributed by atoms with van der Waals surface area (Å²) in [5.41, 5.74) is -0.00326. The van der Waals surface area contributed by atoms with Crippen molar-refractivity contribution in [3.8, 4) is 0 Å². The Morgan fingerprint density at radius 2 is 1.89 bits per heavy atom. The highest BCUT2D eigenvalue weighted by Gasteiger charge is 2.25. The van der Waals surface area contributed by atoms with Crippen LogP contribution in [-0.2, 0) is 0 Å². The van der Waals surface area contributed by atoms with Crippen LogP contribution in [0.25, 0.3) is 0 Å². The van der Waals surface area contributed by atoms with E-state index < -0.39 is 11.6 Å². The molecule has 0 bridgehead atoms. The van der Waals surface area contributed by atoms with E-state index >= 15 is 0 Å². The van der Waals surface area contributed by atoms with Crippen LogP contribution in [0.2, 0.25) is 0 Å². The van der Waals surface area contributed by atoms with Crippen LogP contribution < -0.4 is 4.90 Å². The molecule has 1 aromatic carbocycles. The zero-order valence-corrected chi connectivity index (χ0v) is 10.5. The number of hydrogen-bond acceptors (Lipinski definition) is 3. The van der Waals surface area contributed by atoms with Crippen LogP contribution in [0.3, 0.4) is 0 Å². The first-order valence-corrected chi connectivity index (χ1v) is 5.92. The molecule has 5 heteroatoms. The molecule has 1 aliphatic heterocycles. The van der Waals surface area contributed by atoms with Gasteiger partial charge in [0.05, 0.1) is 0 Å². The van der Waals surface area contributed by atoms with Crippen LogP contribution in [0.1, 0.15) is 17.3 Å². The number of halogens is 2. The quantitative estimate of drug-likeness (QED) is 0.753. The number of hydrogen-bond donors (Lipinski definition) is 0. The van der Waals surface area contributed by atoms with Crippen LogP contribution in [0.4, 0.5) is 14.5 Å². The van der Waals surface area contributed by atoms with Crippen molar-refractivity contribution in [1.82, 2.24) is 4.90 Å². The summed E-state index contributed by atoms with van der Waals surface area (Å²) in [6.45, 7) is 3.93. The number of benzene rings is 1. The zero-order chi connectivity index (χ0) is 13.3. The van der Waals surface area contributed by atoms with Crippen LogP contribution in [0.5, 0.6) is 0 Å². The molecule has 0 spiro atoms. The predicted octanol–water partition coefficient (Wildman–Crippen LogP) is 1.92. The minimum absolute atomic E-state index is 0.0240. The molecule has 1 fully saturated rings. The Labute approximate surface area is 105 Å². The number of carbonyl (C=O) groups excluding carboxylic acids is 1. The fourth-order valence-corrected chi connectivity index (χ4v) is 2.21. The monoisotopic (exact) mass is 254 g/mol. The summed E-state index contributed by atoms with van der Waals surface area (Å²) in [5, 5.41) is 0. The molecule has 3 nitrogen and oxygen atoms in total. The lowest BCUT2D eigenvalue weighted by Crippen LogP contribution is -2.50. The van der Waals surface area contributed by atoms with Gasteiger partial charge in [0, 0.05) is 31.2 Å². The Morgan fingerprint density at radius 3 is 2.39 bits per heavy atom. The van der Waals surface area contributed by atoms with Crippen molar-refractivity contribution in [2.24, 2.45) is 0 Å². The molecular weight excluding hydrogens is 238 g/mol. The van der Waals surface area contributed by atoms with Gasteiger partial charge in [-0.15, -0.1) is 0 Å². The number of likely N-dealkylation sites (N-methyl/N-ethyl adjacent to an activating group) is 1. The van der Waals surface area contributed by atoms with Gasteiger partial charge in [-0.25, -0.2) is 8.78 Å². The van der Waals surface area contributed by atoms with E-state index in [4.69, 9.17) is 0 Å². The molecule has 0 aliphatic carbocycles. The highest BCUT2D eigenvalue weighted by molar-refractivity contribution is 5.76. The van der Waals surface area contributed by atoms with Crippen molar-refractivity contribution in [3.63, 3.8) is 0 Å². The van der Waals surface area contributed by atoms with E-state index in [1.165, 1.54) is 0 Å². The van der Waals surface area contributed by atoms with Crippen LogP contribution in [0.15, 0.2) is 12.1 Å². The fourth-order valence-electron chi connectivity index (χ4n) is 2.21. The van der Waals surface area contributed by atoms with Gasteiger partial charge in [-0.1, -0.05) is 0 Å². The molecule has 1 aromatic rings. The molecule has 98 valence electrons. The molecule has 2 rings (SSSR count). The molecule has 0 aromatic heterocycles. The van der Waals surface area contributed by atoms with Gasteiger partial charge in [-0.2, -0.15) is 0 Å². The maximum atomic E-state index is 13.9. The third kappa shape index (κ3) is 2.36. The molecule has 1 saturated heterocycles. The number of aldehydes is 1. The Morgan fingerprint density at radius 1 is 1.28 bits per heavy atom. The number of nitrogens with zero attached hydrogens (tertiary/aromatic N) is 2. The average molecular weight is 254 g/mol. The topological polar surface area (TPSA) is 23.6 Å². The van der Waals surface area contributed by atoms with Gasteiger partial charge in [-0.05, 0) is 26.1 Å². The Balaban J connectivity index is 2.31. The van der Waals surface area contributed by atoms with E-state index in [0.29, 0.717) is 19.4 Å². The van der Waals surface area contributed by atoms with Gasteiger partial charge in [-0.3, -0.25) is 4.79 Å². The second kappa shape index (κ2) is 5.02. The van der Waals surface area contributed by atoms with Crippen molar-refractivity contribution >= 4 is 12.0 Å². The predicted molar refractivity (Wildman–Crippen MR) is 66.1 cm³/mol. The van der Waals surface area contributed by atoms with Crippen molar-refractivity contribution in [2.45, 2.75) is 13.0 Å². The number of rotatable bonds is 2. The fraction of sp³-hybridized carbons (Fsp3) is 0.462. The Bertz CT molecular complexity index is 441. The Kier molecular flexibility index (Phi) is 3.61. The smallest absolute Gasteiger partial charge is 0.150 e. The molecule has 0 radical (unpaired) electrons. The summed E-state index contributed by atoms with van der Waals surface area (Å²) < 4.78 is 27.7. The molecule has 0 saturated carbocycles. The lowest BCUT2D eigenvalue weighted by Gasteiger charge is -2.39. The van der Waals surface area contributed by atoms with E-state index in [1.807, 2.05) is 14.0 Å². The largest absolute Gasteiger partial charge is 0.364 e. The van der Waals surface area contributed by atoms with Gasteiger partial charge >= 0.3 is 0 Å². The van der Waals surface area contributed by atoms with Gasteiger partial charge in [0.25, 0.3) is 0 Å². The first-order valence-electron chi connectivity index (χ1n) is 5.92. The minimum atomic E-state index is -0.672. The van der Waals surface area contributed by atoms with Gasteiger partial charge < -0.3 is 9.80 Å². The summed E-state index contributed by atoms with van der Waals surface area (Å²) in [7, 11) is 1.99. The van der Waals surface area contributed by atoms with Gasteiger partial charge in [0.1, 0.15) is 23.6 Å². The van der Waals surface area contributed by atoms with E-state index in [0.717, 1.165) is 18.7 Å². The molecule has 1 unspecified atom stereocenters. The van der Waals surface area contributed by atoms with Crippen molar-refractivity contribution in [2.75, 3.05) is 31.6 Å². The molecular formula is C13H16F2N2O. The number of anilines is 1. The molecule has 0 amide bonds. The maximum absolute atomic E-state index is 13.9. The van der Waals surface area contributed by atoms with Gasteiger partial charge in [0.2, 0.25) is 0 Å². The van der Waals surface area contributed by atoms with Crippen LogP contribution in [0, 0.1) is 11.6 Å². The second-order valence-electron chi connectivity index (χ2n) is 4.73. The lowest BCUT2D eigenvalue weighted by molar-refractivity contribution is 0.112. The van der Waals surface area contributed by atoms with Crippen LogP contribution in [-0.4, -0.2) is 43.9 Å². The normalized spacial score (nSPS) is 21.1. The van der Waals surface area contributed by atoms with Crippen molar-refractivity contribution in [3.05, 3.63) is 29.3 Å². The van der Waals surface area contributed by atoms with Crippen molar-refractivity contribution < 1.29 is 13.6 Å². The summed E-state index contributed by atoms with van der Waals surface area (Å²) in [6.07, 6.45) is 0.447. The average Bonchev–Trinajstić information content (AvgIpc) is 2.32. The highest BCUT2D eigenvalue weighted by atomic mass is 19.1. The van der Waals surface area contributed by atoms with E-state index in [2.05, 4.69) is 4.90 Å². The maximum Gasteiger partial charge on any atom is 0.150 e. The van der Waals surface area contributed by atoms with Gasteiger partial charge in [0.15, 0.2) is 0 Å². The summed E-state index contributed by atoms with van der Waals surface area (Å²) in [4.78, 5) is 14.4.